The number of hydrogen-bond acceptors (Lipinski definition) is 7. The summed E-state index contributed by atoms with van der Waals surface area (Å²) in [7, 11) is 1.41. The average Bonchev–Trinajstić information content (AvgIpc) is 2.62. The second-order valence-electron chi connectivity index (χ2n) is 4.86. The maximum Gasteiger partial charge on any atom is 0.310 e. The Labute approximate surface area is 156 Å². The number of methoxy groups -OCH3 is 1. The number of phenolic OH excluding ortho intramolecular Hbond substituents is 1. The predicted octanol–water partition coefficient (Wildman–Crippen LogP) is 2.60. The molecule has 0 spiro atoms. The van der Waals surface area contributed by atoms with Crippen molar-refractivity contribution in [1.29, 1.82) is 0 Å². The lowest BCUT2D eigenvalue weighted by Gasteiger charge is -2.06. The Morgan fingerprint density at radius 1 is 1.38 bits per heavy atom. The fraction of sp³-hybridized carbons (Fsp3) is 0.125. The van der Waals surface area contributed by atoms with Crippen LogP contribution >= 0.6 is 15.9 Å². The van der Waals surface area contributed by atoms with Crippen LogP contribution in [-0.2, 0) is 4.79 Å². The van der Waals surface area contributed by atoms with E-state index in [0.717, 1.165) is 0 Å². The fourth-order valence-electron chi connectivity index (χ4n) is 1.91. The molecule has 0 aliphatic heterocycles. The van der Waals surface area contributed by atoms with Gasteiger partial charge < -0.3 is 14.6 Å². The summed E-state index contributed by atoms with van der Waals surface area (Å²) in [5.74, 6) is -0.411. The van der Waals surface area contributed by atoms with Crippen LogP contribution in [0.2, 0.25) is 0 Å². The largest absolute Gasteiger partial charge is 0.503 e. The molecule has 0 aliphatic rings. The van der Waals surface area contributed by atoms with Crippen LogP contribution in [0, 0.1) is 10.1 Å². The second-order valence-corrected chi connectivity index (χ2v) is 5.71. The number of nitro benzene ring substituents is 1. The zero-order chi connectivity index (χ0) is 19.1. The molecule has 1 amide bonds. The lowest BCUT2D eigenvalue weighted by molar-refractivity contribution is -0.385. The Bertz CT molecular complexity index is 856. The van der Waals surface area contributed by atoms with E-state index in [9.17, 15) is 20.0 Å². The topological polar surface area (TPSA) is 123 Å². The summed E-state index contributed by atoms with van der Waals surface area (Å²) in [4.78, 5) is 22.0. The number of rotatable bonds is 7. The summed E-state index contributed by atoms with van der Waals surface area (Å²) < 4.78 is 10.6. The molecule has 2 rings (SSSR count). The maximum absolute atomic E-state index is 11.7. The first kappa shape index (κ1) is 19.2. The van der Waals surface area contributed by atoms with Crippen LogP contribution in [0.15, 0.2) is 46.0 Å². The summed E-state index contributed by atoms with van der Waals surface area (Å²) in [5, 5.41) is 24.4. The molecule has 0 heterocycles. The maximum atomic E-state index is 11.7. The first-order chi connectivity index (χ1) is 12.4. The molecule has 2 N–H and O–H groups in total. The molecule has 9 nitrogen and oxygen atoms in total. The summed E-state index contributed by atoms with van der Waals surface area (Å²) in [6.45, 7) is -0.440. The van der Waals surface area contributed by atoms with Crippen LogP contribution < -0.4 is 14.9 Å². The molecule has 26 heavy (non-hydrogen) atoms. The van der Waals surface area contributed by atoms with Gasteiger partial charge >= 0.3 is 5.69 Å². The van der Waals surface area contributed by atoms with Gasteiger partial charge in [0.1, 0.15) is 0 Å². The van der Waals surface area contributed by atoms with Crippen molar-refractivity contribution in [2.24, 2.45) is 5.10 Å². The van der Waals surface area contributed by atoms with E-state index in [4.69, 9.17) is 9.47 Å². The Hall–Kier alpha value is -3.14. The molecule has 2 aromatic carbocycles. The van der Waals surface area contributed by atoms with Gasteiger partial charge in [0.2, 0.25) is 0 Å². The quantitative estimate of drug-likeness (QED) is 0.400. The van der Waals surface area contributed by atoms with Gasteiger partial charge in [-0.05, 0) is 39.7 Å². The number of amides is 1. The molecule has 2 aromatic rings. The standard InChI is InChI=1S/C16H14BrN3O6/c1-25-14-7-10(6-11(17)16(14)22)8-18-19-15(21)9-26-13-5-3-2-4-12(13)20(23)24/h2-8,22H,9H2,1H3,(H,19,21)/b18-8-. The van der Waals surface area contributed by atoms with Gasteiger partial charge in [-0.1, -0.05) is 12.1 Å². The van der Waals surface area contributed by atoms with Gasteiger partial charge in [0, 0.05) is 6.07 Å². The van der Waals surface area contributed by atoms with Crippen LogP contribution in [-0.4, -0.2) is 35.9 Å². The highest BCUT2D eigenvalue weighted by atomic mass is 79.9. The summed E-state index contributed by atoms with van der Waals surface area (Å²) in [5.41, 5.74) is 2.57. The third-order valence-corrected chi connectivity index (χ3v) is 3.70. The van der Waals surface area contributed by atoms with Gasteiger partial charge in [-0.2, -0.15) is 5.10 Å². The number of nitro groups is 1. The number of aromatic hydroxyl groups is 1. The van der Waals surface area contributed by atoms with Gasteiger partial charge in [0.05, 0.1) is 22.7 Å². The number of nitrogens with one attached hydrogen (secondary N) is 1. The lowest BCUT2D eigenvalue weighted by atomic mass is 10.2. The molecule has 0 atom stereocenters. The number of carbonyl (C=O) groups excluding carboxylic acids is 1. The van der Waals surface area contributed by atoms with Crippen molar-refractivity contribution in [3.8, 4) is 17.2 Å². The third kappa shape index (κ3) is 4.93. The predicted molar refractivity (Wildman–Crippen MR) is 96.7 cm³/mol. The van der Waals surface area contributed by atoms with Crippen LogP contribution in [0.5, 0.6) is 17.2 Å². The van der Waals surface area contributed by atoms with Gasteiger partial charge in [-0.3, -0.25) is 14.9 Å². The normalized spacial score (nSPS) is 10.5. The van der Waals surface area contributed by atoms with E-state index in [1.165, 1.54) is 37.6 Å². The van der Waals surface area contributed by atoms with Gasteiger partial charge in [0.25, 0.3) is 5.91 Å². The number of benzene rings is 2. The van der Waals surface area contributed by atoms with Crippen LogP contribution in [0.1, 0.15) is 5.56 Å². The number of ether oxygens (including phenoxy) is 2. The molecule has 0 saturated carbocycles. The Morgan fingerprint density at radius 2 is 2.12 bits per heavy atom. The number of phenols is 1. The van der Waals surface area contributed by atoms with E-state index < -0.39 is 17.4 Å². The molecule has 0 aliphatic carbocycles. The fourth-order valence-corrected chi connectivity index (χ4v) is 2.37. The van der Waals surface area contributed by atoms with E-state index in [2.05, 4.69) is 26.5 Å². The number of carbonyl (C=O) groups is 1. The van der Waals surface area contributed by atoms with Crippen molar-refractivity contribution in [3.05, 3.63) is 56.5 Å². The van der Waals surface area contributed by atoms with Crippen LogP contribution in [0.3, 0.4) is 0 Å². The van der Waals surface area contributed by atoms with E-state index in [0.29, 0.717) is 10.0 Å². The summed E-state index contributed by atoms with van der Waals surface area (Å²) in [6, 6.07) is 8.85. The zero-order valence-corrected chi connectivity index (χ0v) is 15.1. The van der Waals surface area contributed by atoms with Crippen molar-refractivity contribution in [2.75, 3.05) is 13.7 Å². The summed E-state index contributed by atoms with van der Waals surface area (Å²) >= 11 is 3.17. The molecule has 0 radical (unpaired) electrons. The van der Waals surface area contributed by atoms with Gasteiger partial charge in [-0.25, -0.2) is 5.43 Å². The van der Waals surface area contributed by atoms with Gasteiger partial charge in [0.15, 0.2) is 23.9 Å². The number of nitrogens with zero attached hydrogens (tertiary/aromatic N) is 2. The molecule has 10 heteroatoms. The second kappa shape index (κ2) is 8.81. The Morgan fingerprint density at radius 3 is 2.81 bits per heavy atom. The lowest BCUT2D eigenvalue weighted by Crippen LogP contribution is -2.24. The van der Waals surface area contributed by atoms with E-state index >= 15 is 0 Å². The smallest absolute Gasteiger partial charge is 0.310 e. The molecule has 0 unspecified atom stereocenters. The Kier molecular flexibility index (Phi) is 6.50. The highest BCUT2D eigenvalue weighted by Crippen LogP contribution is 2.34. The summed E-state index contributed by atoms with van der Waals surface area (Å²) in [6.07, 6.45) is 1.34. The van der Waals surface area contributed by atoms with Crippen molar-refractivity contribution in [2.45, 2.75) is 0 Å². The van der Waals surface area contributed by atoms with Crippen molar-refractivity contribution < 1.29 is 24.3 Å². The van der Waals surface area contributed by atoms with E-state index in [1.54, 1.807) is 12.1 Å². The van der Waals surface area contributed by atoms with E-state index in [1.807, 2.05) is 0 Å². The molecule has 0 fully saturated rings. The SMILES string of the molecule is COc1cc(/C=N\NC(=O)COc2ccccc2[N+](=O)[O-])cc(Br)c1O. The zero-order valence-electron chi connectivity index (χ0n) is 13.5. The third-order valence-electron chi connectivity index (χ3n) is 3.09. The molecular weight excluding hydrogens is 410 g/mol. The molecule has 136 valence electrons. The average molecular weight is 424 g/mol. The van der Waals surface area contributed by atoms with E-state index in [-0.39, 0.29) is 22.9 Å². The Balaban J connectivity index is 1.94. The van der Waals surface area contributed by atoms with Crippen LogP contribution in [0.4, 0.5) is 5.69 Å². The number of para-hydroxylation sites is 2. The van der Waals surface area contributed by atoms with Crippen LogP contribution in [0.25, 0.3) is 0 Å². The monoisotopic (exact) mass is 423 g/mol. The highest BCUT2D eigenvalue weighted by Gasteiger charge is 2.14. The molecule has 0 aromatic heterocycles. The minimum atomic E-state index is -0.596. The van der Waals surface area contributed by atoms with Gasteiger partial charge in [-0.15, -0.1) is 0 Å². The molecule has 0 saturated heterocycles. The highest BCUT2D eigenvalue weighted by molar-refractivity contribution is 9.10. The first-order valence-corrected chi connectivity index (χ1v) is 7.96. The number of hydrogen-bond donors (Lipinski definition) is 2. The van der Waals surface area contributed by atoms with Crippen molar-refractivity contribution in [3.63, 3.8) is 0 Å². The minimum absolute atomic E-state index is 0.0103. The van der Waals surface area contributed by atoms with Crippen molar-refractivity contribution in [1.82, 2.24) is 5.43 Å². The first-order valence-electron chi connectivity index (χ1n) is 7.17. The molecular formula is C16H14BrN3O6. The van der Waals surface area contributed by atoms with Crippen molar-refractivity contribution >= 4 is 33.7 Å². The number of hydrazone groups is 1. The molecule has 0 bridgehead atoms. The number of halogens is 1. The minimum Gasteiger partial charge on any atom is -0.503 e.